The zero-order chi connectivity index (χ0) is 33.2. The number of anilines is 4. The van der Waals surface area contributed by atoms with Gasteiger partial charge in [-0.3, -0.25) is 5.32 Å². The first-order chi connectivity index (χ1) is 21.7. The first kappa shape index (κ1) is 31.7. The first-order valence-electron chi connectivity index (χ1n) is 13.1. The summed E-state index contributed by atoms with van der Waals surface area (Å²) in [5.41, 5.74) is -2.12. The highest BCUT2D eigenvalue weighted by Gasteiger charge is 2.32. The number of aromatic nitrogens is 1. The normalized spacial score (nSPS) is 11.7. The van der Waals surface area contributed by atoms with Crippen molar-refractivity contribution in [2.45, 2.75) is 12.4 Å². The summed E-state index contributed by atoms with van der Waals surface area (Å²) >= 11 is 0. The van der Waals surface area contributed by atoms with Crippen LogP contribution in [0.1, 0.15) is 11.1 Å². The summed E-state index contributed by atoms with van der Waals surface area (Å²) in [5, 5.41) is 9.95. The number of benzene rings is 4. The van der Waals surface area contributed by atoms with Gasteiger partial charge >= 0.3 is 24.4 Å². The molecule has 0 spiro atoms. The minimum absolute atomic E-state index is 0.0287. The topological polar surface area (TPSA) is 95.2 Å². The number of urea groups is 2. The van der Waals surface area contributed by atoms with Crippen LogP contribution in [-0.4, -0.2) is 17.0 Å². The Morgan fingerprint density at radius 2 is 1.13 bits per heavy atom. The van der Waals surface area contributed by atoms with E-state index < -0.39 is 58.6 Å². The largest absolute Gasteiger partial charge is 0.416 e. The highest BCUT2D eigenvalue weighted by Crippen LogP contribution is 2.34. The van der Waals surface area contributed by atoms with Crippen LogP contribution in [0.5, 0.6) is 0 Å². The number of nitrogens with zero attached hydrogens (tertiary/aromatic N) is 1. The average Bonchev–Trinajstić information content (AvgIpc) is 2.98. The molecule has 0 atom stereocenters. The van der Waals surface area contributed by atoms with E-state index in [0.29, 0.717) is 58.3 Å². The molecule has 4 amide bonds. The van der Waals surface area contributed by atoms with Gasteiger partial charge in [-0.25, -0.2) is 23.4 Å². The highest BCUT2D eigenvalue weighted by molar-refractivity contribution is 6.08. The standard InChI is InChI=1S/C31H19F8N5O2/c32-23-10-6-17(30(34,35)36)14-25(23)42-28(45)41-19-8-4-16(5-9-19)20-2-1-3-22-21(20)12-13-40-27(22)44-29(46)43-26-15-18(31(37,38)39)7-11-24(26)33/h1-15H,(H2,41,42,45)(H2,40,43,44,46). The zero-order valence-electron chi connectivity index (χ0n) is 22.9. The first-order valence-corrected chi connectivity index (χ1v) is 13.1. The lowest BCUT2D eigenvalue weighted by Gasteiger charge is -2.14. The molecule has 0 aliphatic heterocycles. The van der Waals surface area contributed by atoms with Crippen LogP contribution in [-0.2, 0) is 12.4 Å². The molecule has 0 fully saturated rings. The Morgan fingerprint density at radius 1 is 0.587 bits per heavy atom. The summed E-state index contributed by atoms with van der Waals surface area (Å²) in [6.07, 6.45) is -8.11. The minimum atomic E-state index is -4.75. The number of halogens is 8. The number of carbonyl (C=O) groups excluding carboxylic acids is 2. The molecular formula is C31H19F8N5O2. The fourth-order valence-electron chi connectivity index (χ4n) is 4.43. The molecule has 0 aliphatic rings. The molecule has 5 rings (SSSR count). The van der Waals surface area contributed by atoms with Gasteiger partial charge in [-0.1, -0.05) is 30.3 Å². The van der Waals surface area contributed by atoms with Gasteiger partial charge in [-0.05, 0) is 71.1 Å². The van der Waals surface area contributed by atoms with Crippen LogP contribution in [0.4, 0.5) is 67.6 Å². The van der Waals surface area contributed by atoms with Crippen molar-refractivity contribution in [3.8, 4) is 11.1 Å². The Balaban J connectivity index is 1.31. The number of alkyl halides is 6. The highest BCUT2D eigenvalue weighted by atomic mass is 19.4. The van der Waals surface area contributed by atoms with Crippen molar-refractivity contribution in [3.63, 3.8) is 0 Å². The van der Waals surface area contributed by atoms with Crippen molar-refractivity contribution in [2.75, 3.05) is 21.3 Å². The third-order valence-electron chi connectivity index (χ3n) is 6.58. The predicted octanol–water partition coefficient (Wildman–Crippen LogP) is 9.51. The van der Waals surface area contributed by atoms with Gasteiger partial charge in [0.15, 0.2) is 0 Å². The summed E-state index contributed by atoms with van der Waals surface area (Å²) in [7, 11) is 0. The van der Waals surface area contributed by atoms with Crippen molar-refractivity contribution in [2.24, 2.45) is 0 Å². The number of fused-ring (bicyclic) bond motifs is 1. The molecule has 0 radical (unpaired) electrons. The lowest BCUT2D eigenvalue weighted by Crippen LogP contribution is -2.21. The summed E-state index contributed by atoms with van der Waals surface area (Å²) in [4.78, 5) is 29.1. The fourth-order valence-corrected chi connectivity index (χ4v) is 4.43. The number of carbonyl (C=O) groups is 2. The predicted molar refractivity (Wildman–Crippen MR) is 155 cm³/mol. The van der Waals surface area contributed by atoms with E-state index in [1.807, 2.05) is 5.32 Å². The van der Waals surface area contributed by atoms with Crippen LogP contribution in [0.25, 0.3) is 21.9 Å². The molecule has 236 valence electrons. The number of nitrogens with one attached hydrogen (secondary N) is 4. The van der Waals surface area contributed by atoms with E-state index in [1.165, 1.54) is 18.3 Å². The third-order valence-corrected chi connectivity index (χ3v) is 6.58. The summed E-state index contributed by atoms with van der Waals surface area (Å²) < 4.78 is 106. The van der Waals surface area contributed by atoms with Gasteiger partial charge in [-0.15, -0.1) is 0 Å². The van der Waals surface area contributed by atoms with E-state index in [9.17, 15) is 44.7 Å². The second kappa shape index (κ2) is 12.3. The maximum atomic E-state index is 14.1. The van der Waals surface area contributed by atoms with Crippen molar-refractivity contribution in [3.05, 3.63) is 114 Å². The number of hydrogen-bond donors (Lipinski definition) is 4. The Bertz CT molecular complexity index is 1940. The number of pyridine rings is 1. The van der Waals surface area contributed by atoms with Gasteiger partial charge in [0, 0.05) is 17.3 Å². The number of rotatable bonds is 5. The van der Waals surface area contributed by atoms with Crippen LogP contribution in [0.15, 0.2) is 91.1 Å². The average molecular weight is 646 g/mol. The molecule has 1 aromatic heterocycles. The van der Waals surface area contributed by atoms with Gasteiger partial charge in [0.2, 0.25) is 0 Å². The van der Waals surface area contributed by atoms with Crippen molar-refractivity contribution >= 4 is 45.7 Å². The molecule has 0 bridgehead atoms. The van der Waals surface area contributed by atoms with E-state index in [0.717, 1.165) is 0 Å². The quantitative estimate of drug-likeness (QED) is 0.143. The number of amides is 4. The van der Waals surface area contributed by atoms with E-state index in [4.69, 9.17) is 0 Å². The Hall–Kier alpha value is -5.73. The van der Waals surface area contributed by atoms with Crippen molar-refractivity contribution in [1.29, 1.82) is 0 Å². The molecule has 0 aliphatic carbocycles. The summed E-state index contributed by atoms with van der Waals surface area (Å²) in [6, 6.07) is 14.1. The third kappa shape index (κ3) is 7.14. The molecular weight excluding hydrogens is 626 g/mol. The minimum Gasteiger partial charge on any atom is -0.308 e. The van der Waals surface area contributed by atoms with Crippen molar-refractivity contribution < 1.29 is 44.7 Å². The molecule has 0 saturated heterocycles. The van der Waals surface area contributed by atoms with Gasteiger partial charge in [0.05, 0.1) is 22.5 Å². The van der Waals surface area contributed by atoms with Gasteiger partial charge < -0.3 is 16.0 Å². The van der Waals surface area contributed by atoms with Gasteiger partial charge in [-0.2, -0.15) is 26.3 Å². The van der Waals surface area contributed by atoms with Gasteiger partial charge in [0.25, 0.3) is 0 Å². The molecule has 1 heterocycles. The van der Waals surface area contributed by atoms with Crippen LogP contribution >= 0.6 is 0 Å². The monoisotopic (exact) mass is 645 g/mol. The Morgan fingerprint density at radius 3 is 1.67 bits per heavy atom. The maximum Gasteiger partial charge on any atom is 0.416 e. The summed E-state index contributed by atoms with van der Waals surface area (Å²) in [6.45, 7) is 0. The Labute approximate surface area is 254 Å². The molecule has 0 saturated carbocycles. The molecule has 4 aromatic carbocycles. The van der Waals surface area contributed by atoms with E-state index in [2.05, 4.69) is 20.9 Å². The lowest BCUT2D eigenvalue weighted by atomic mass is 9.99. The zero-order valence-corrected chi connectivity index (χ0v) is 22.9. The van der Waals surface area contributed by atoms with E-state index >= 15 is 0 Å². The smallest absolute Gasteiger partial charge is 0.308 e. The van der Waals surface area contributed by atoms with E-state index in [-0.39, 0.29) is 11.5 Å². The lowest BCUT2D eigenvalue weighted by molar-refractivity contribution is -0.138. The Kier molecular flexibility index (Phi) is 8.50. The van der Waals surface area contributed by atoms with Gasteiger partial charge in [0.1, 0.15) is 17.5 Å². The maximum absolute atomic E-state index is 14.1. The van der Waals surface area contributed by atoms with Crippen LogP contribution in [0, 0.1) is 11.6 Å². The van der Waals surface area contributed by atoms with E-state index in [1.54, 1.807) is 36.4 Å². The molecule has 15 heteroatoms. The molecule has 0 unspecified atom stereocenters. The fraction of sp³-hybridized carbons (Fsp3) is 0.0645. The van der Waals surface area contributed by atoms with Crippen molar-refractivity contribution in [1.82, 2.24) is 4.98 Å². The molecule has 7 nitrogen and oxygen atoms in total. The van der Waals surface area contributed by atoms with Crippen LogP contribution in [0.2, 0.25) is 0 Å². The molecule has 5 aromatic rings. The molecule has 4 N–H and O–H groups in total. The second-order valence-corrected chi connectivity index (χ2v) is 9.68. The van der Waals surface area contributed by atoms with Crippen LogP contribution < -0.4 is 21.3 Å². The number of hydrogen-bond acceptors (Lipinski definition) is 3. The summed E-state index contributed by atoms with van der Waals surface area (Å²) in [5.74, 6) is -2.10. The SMILES string of the molecule is O=C(Nc1ccc(-c2cccc3c(NC(=O)Nc4cc(C(F)(F)F)ccc4F)nccc23)cc1)Nc1cc(C(F)(F)F)ccc1F. The second-order valence-electron chi connectivity index (χ2n) is 9.68. The molecule has 46 heavy (non-hydrogen) atoms. The van der Waals surface area contributed by atoms with Crippen LogP contribution in [0.3, 0.4) is 0 Å².